The first-order chi connectivity index (χ1) is 11.4. The molecule has 1 aromatic carbocycles. The monoisotopic (exact) mass is 337 g/mol. The Balaban J connectivity index is 2.77. The number of urea groups is 1. The largest absolute Gasteiger partial charge is 0.494 e. The van der Waals surface area contributed by atoms with Crippen LogP contribution in [-0.2, 0) is 11.3 Å². The maximum absolute atomic E-state index is 12.4. The van der Waals surface area contributed by atoms with Gasteiger partial charge in [-0.2, -0.15) is 0 Å². The summed E-state index contributed by atoms with van der Waals surface area (Å²) in [7, 11) is 3.27. The van der Waals surface area contributed by atoms with Crippen LogP contribution in [0.1, 0.15) is 19.4 Å². The Bertz CT molecular complexity index is 548. The van der Waals surface area contributed by atoms with Crippen LogP contribution in [0.2, 0.25) is 0 Å². The first-order valence-corrected chi connectivity index (χ1v) is 7.98. The minimum Gasteiger partial charge on any atom is -0.494 e. The number of nitrogens with one attached hydrogen (secondary N) is 1. The summed E-state index contributed by atoms with van der Waals surface area (Å²) in [6, 6.07) is 6.41. The van der Waals surface area contributed by atoms with Gasteiger partial charge in [0.2, 0.25) is 5.91 Å². The van der Waals surface area contributed by atoms with Gasteiger partial charge >= 0.3 is 6.03 Å². The normalized spacial score (nSPS) is 11.5. The predicted octanol–water partition coefficient (Wildman–Crippen LogP) is 1.07. The van der Waals surface area contributed by atoms with Crippen molar-refractivity contribution in [3.8, 4) is 5.75 Å². The summed E-state index contributed by atoms with van der Waals surface area (Å²) >= 11 is 0. The van der Waals surface area contributed by atoms with E-state index >= 15 is 0 Å². The van der Waals surface area contributed by atoms with Crippen LogP contribution in [-0.4, -0.2) is 66.7 Å². The van der Waals surface area contributed by atoms with E-state index in [9.17, 15) is 14.7 Å². The van der Waals surface area contributed by atoms with Gasteiger partial charge in [-0.15, -0.1) is 0 Å². The summed E-state index contributed by atoms with van der Waals surface area (Å²) in [6.45, 7) is 4.43. The second-order valence-corrected chi connectivity index (χ2v) is 5.63. The number of benzene rings is 1. The molecule has 0 radical (unpaired) electrons. The van der Waals surface area contributed by atoms with E-state index in [0.29, 0.717) is 13.2 Å². The van der Waals surface area contributed by atoms with Crippen LogP contribution in [0.5, 0.6) is 5.75 Å². The molecule has 1 atom stereocenters. The zero-order valence-corrected chi connectivity index (χ0v) is 14.8. The Morgan fingerprint density at radius 3 is 2.62 bits per heavy atom. The quantitative estimate of drug-likeness (QED) is 0.743. The van der Waals surface area contributed by atoms with Crippen LogP contribution >= 0.6 is 0 Å². The molecule has 7 nitrogen and oxygen atoms in total. The van der Waals surface area contributed by atoms with E-state index in [1.54, 1.807) is 21.0 Å². The van der Waals surface area contributed by atoms with Crippen molar-refractivity contribution in [2.75, 3.05) is 33.9 Å². The minimum absolute atomic E-state index is 0.158. The fraction of sp³-hybridized carbons (Fsp3) is 0.529. The number of aliphatic hydroxyl groups is 1. The number of aliphatic hydroxyl groups excluding tert-OH is 1. The molecule has 1 rings (SSSR count). The van der Waals surface area contributed by atoms with Gasteiger partial charge in [-0.1, -0.05) is 12.1 Å². The molecule has 24 heavy (non-hydrogen) atoms. The lowest BCUT2D eigenvalue weighted by Gasteiger charge is -2.25. The van der Waals surface area contributed by atoms with Crippen molar-refractivity contribution >= 4 is 11.9 Å². The SMILES string of the molecule is CCOc1cccc(CN(CCO)C(=O)N[C@@H](C)C(=O)N(C)C)c1. The molecule has 0 bridgehead atoms. The molecule has 0 aliphatic rings. The van der Waals surface area contributed by atoms with E-state index in [4.69, 9.17) is 4.74 Å². The Hall–Kier alpha value is -2.28. The van der Waals surface area contributed by atoms with Crippen molar-refractivity contribution in [3.63, 3.8) is 0 Å². The molecule has 3 amide bonds. The molecule has 2 N–H and O–H groups in total. The van der Waals surface area contributed by atoms with Crippen molar-refractivity contribution in [2.24, 2.45) is 0 Å². The number of hydrogen-bond acceptors (Lipinski definition) is 4. The highest BCUT2D eigenvalue weighted by molar-refractivity contribution is 5.86. The number of carbonyl (C=O) groups is 2. The molecule has 134 valence electrons. The molecule has 0 saturated heterocycles. The Kier molecular flexibility index (Phi) is 8.05. The lowest BCUT2D eigenvalue weighted by atomic mass is 10.2. The molecule has 0 unspecified atom stereocenters. The van der Waals surface area contributed by atoms with Crippen molar-refractivity contribution < 1.29 is 19.4 Å². The summed E-state index contributed by atoms with van der Waals surface area (Å²) in [5, 5.41) is 11.9. The molecule has 7 heteroatoms. The van der Waals surface area contributed by atoms with Gasteiger partial charge in [0.1, 0.15) is 11.8 Å². The van der Waals surface area contributed by atoms with Crippen molar-refractivity contribution in [1.29, 1.82) is 0 Å². The molecular formula is C17H27N3O4. The molecule has 0 aliphatic heterocycles. The van der Waals surface area contributed by atoms with Crippen molar-refractivity contribution in [3.05, 3.63) is 29.8 Å². The van der Waals surface area contributed by atoms with E-state index in [2.05, 4.69) is 5.32 Å². The number of rotatable bonds is 8. The van der Waals surface area contributed by atoms with Gasteiger partial charge in [0.25, 0.3) is 0 Å². The van der Waals surface area contributed by atoms with Gasteiger partial charge in [0.15, 0.2) is 0 Å². The van der Waals surface area contributed by atoms with Crippen LogP contribution in [0.3, 0.4) is 0 Å². The highest BCUT2D eigenvalue weighted by atomic mass is 16.5. The zero-order valence-electron chi connectivity index (χ0n) is 14.8. The third-order valence-corrected chi connectivity index (χ3v) is 3.39. The lowest BCUT2D eigenvalue weighted by molar-refractivity contribution is -0.130. The number of nitrogens with zero attached hydrogens (tertiary/aromatic N) is 2. The molecule has 0 heterocycles. The van der Waals surface area contributed by atoms with Gasteiger partial charge in [-0.25, -0.2) is 4.79 Å². The van der Waals surface area contributed by atoms with Gasteiger partial charge in [-0.05, 0) is 31.5 Å². The summed E-state index contributed by atoms with van der Waals surface area (Å²) in [4.78, 5) is 27.1. The Morgan fingerprint density at radius 2 is 2.04 bits per heavy atom. The maximum Gasteiger partial charge on any atom is 0.318 e. The maximum atomic E-state index is 12.4. The highest BCUT2D eigenvalue weighted by Gasteiger charge is 2.21. The average Bonchev–Trinajstić information content (AvgIpc) is 2.54. The number of carbonyl (C=O) groups excluding carboxylic acids is 2. The molecular weight excluding hydrogens is 310 g/mol. The summed E-state index contributed by atoms with van der Waals surface area (Å²) in [5.74, 6) is 0.543. The molecule has 1 aromatic rings. The predicted molar refractivity (Wildman–Crippen MR) is 91.8 cm³/mol. The summed E-state index contributed by atoms with van der Waals surface area (Å²) in [5.41, 5.74) is 0.885. The number of amides is 3. The number of likely N-dealkylation sites (N-methyl/N-ethyl adjacent to an activating group) is 1. The third-order valence-electron chi connectivity index (χ3n) is 3.39. The number of hydrogen-bond donors (Lipinski definition) is 2. The summed E-state index contributed by atoms with van der Waals surface area (Å²) in [6.07, 6.45) is 0. The smallest absolute Gasteiger partial charge is 0.318 e. The van der Waals surface area contributed by atoms with Gasteiger partial charge in [0, 0.05) is 27.2 Å². The fourth-order valence-corrected chi connectivity index (χ4v) is 2.22. The fourth-order valence-electron chi connectivity index (χ4n) is 2.22. The molecule has 0 aromatic heterocycles. The second kappa shape index (κ2) is 9.77. The van der Waals surface area contributed by atoms with Gasteiger partial charge < -0.3 is 25.0 Å². The standard InChI is InChI=1S/C17H27N3O4/c1-5-24-15-8-6-7-14(11-15)12-20(9-10-21)17(23)18-13(2)16(22)19(3)4/h6-8,11,13,21H,5,9-10,12H2,1-4H3,(H,18,23)/t13-/m0/s1. The van der Waals surface area contributed by atoms with Crippen LogP contribution in [0.25, 0.3) is 0 Å². The van der Waals surface area contributed by atoms with Crippen molar-refractivity contribution in [1.82, 2.24) is 15.1 Å². The van der Waals surface area contributed by atoms with Crippen LogP contribution in [0, 0.1) is 0 Å². The van der Waals surface area contributed by atoms with E-state index < -0.39 is 12.1 Å². The van der Waals surface area contributed by atoms with Crippen LogP contribution < -0.4 is 10.1 Å². The third kappa shape index (κ3) is 6.08. The molecule has 0 aliphatic carbocycles. The zero-order chi connectivity index (χ0) is 18.1. The summed E-state index contributed by atoms with van der Waals surface area (Å²) < 4.78 is 5.45. The molecule has 0 fully saturated rings. The van der Waals surface area contributed by atoms with E-state index in [1.165, 1.54) is 9.80 Å². The average molecular weight is 337 g/mol. The van der Waals surface area contributed by atoms with Crippen LogP contribution in [0.4, 0.5) is 4.79 Å². The number of ether oxygens (including phenoxy) is 1. The highest BCUT2D eigenvalue weighted by Crippen LogP contribution is 2.15. The Labute approximate surface area is 143 Å². The van der Waals surface area contributed by atoms with Crippen molar-refractivity contribution in [2.45, 2.75) is 26.4 Å². The molecule has 0 spiro atoms. The van der Waals surface area contributed by atoms with Gasteiger partial charge in [0.05, 0.1) is 13.2 Å². The first kappa shape index (κ1) is 19.8. The minimum atomic E-state index is -0.636. The second-order valence-electron chi connectivity index (χ2n) is 5.63. The van der Waals surface area contributed by atoms with E-state index in [-0.39, 0.29) is 19.1 Å². The molecule has 0 saturated carbocycles. The Morgan fingerprint density at radius 1 is 1.33 bits per heavy atom. The topological polar surface area (TPSA) is 82.1 Å². The first-order valence-electron chi connectivity index (χ1n) is 7.98. The lowest BCUT2D eigenvalue weighted by Crippen LogP contribution is -2.49. The van der Waals surface area contributed by atoms with Crippen LogP contribution in [0.15, 0.2) is 24.3 Å². The van der Waals surface area contributed by atoms with E-state index in [1.807, 2.05) is 31.2 Å². The van der Waals surface area contributed by atoms with E-state index in [0.717, 1.165) is 11.3 Å². The van der Waals surface area contributed by atoms with Gasteiger partial charge in [-0.3, -0.25) is 4.79 Å².